The second-order valence-electron chi connectivity index (χ2n) is 5.59. The van der Waals surface area contributed by atoms with Crippen LogP contribution in [0.2, 0.25) is 5.02 Å². The molecule has 0 bridgehead atoms. The Morgan fingerprint density at radius 2 is 1.92 bits per heavy atom. The summed E-state index contributed by atoms with van der Waals surface area (Å²) in [6, 6.07) is 1.98. The van der Waals surface area contributed by atoms with Gasteiger partial charge in [-0.05, 0) is 6.07 Å². The van der Waals surface area contributed by atoms with Crippen molar-refractivity contribution >= 4 is 44.0 Å². The van der Waals surface area contributed by atoms with Gasteiger partial charge in [0, 0.05) is 39.4 Å². The third-order valence-electron chi connectivity index (χ3n) is 4.13. The molecule has 3 aromatic rings. The van der Waals surface area contributed by atoms with Gasteiger partial charge >= 0.3 is 0 Å². The summed E-state index contributed by atoms with van der Waals surface area (Å²) in [5.74, 6) is 0. The summed E-state index contributed by atoms with van der Waals surface area (Å²) in [4.78, 5) is 25.0. The highest BCUT2D eigenvalue weighted by atomic mass is 35.5. The third kappa shape index (κ3) is 2.61. The number of nitrogens with zero attached hydrogens (tertiary/aromatic N) is 6. The van der Waals surface area contributed by atoms with Crippen LogP contribution in [0.25, 0.3) is 10.2 Å². The van der Waals surface area contributed by atoms with E-state index in [0.29, 0.717) is 5.69 Å². The lowest BCUT2D eigenvalue weighted by molar-refractivity contribution is 0.642. The Labute approximate surface area is 147 Å². The largest absolute Gasteiger partial charge is 0.365 e. The highest BCUT2D eigenvalue weighted by Crippen LogP contribution is 2.30. The Morgan fingerprint density at radius 1 is 1.17 bits per heavy atom. The summed E-state index contributed by atoms with van der Waals surface area (Å²) in [6.45, 7) is 3.17. The van der Waals surface area contributed by atoms with Crippen LogP contribution in [0.3, 0.4) is 0 Å². The molecule has 0 aliphatic carbocycles. The molecule has 0 spiro atoms. The van der Waals surface area contributed by atoms with E-state index in [2.05, 4.69) is 24.9 Å². The highest BCUT2D eigenvalue weighted by Gasteiger charge is 2.22. The fraction of sp³-hybridized carbons (Fsp3) is 0.333. The number of aromatic nitrogens is 4. The van der Waals surface area contributed by atoms with Gasteiger partial charge in [0.25, 0.3) is 5.56 Å². The second-order valence-corrected chi connectivity index (χ2v) is 6.97. The van der Waals surface area contributed by atoms with Gasteiger partial charge in [0.2, 0.25) is 0 Å². The van der Waals surface area contributed by atoms with E-state index in [9.17, 15) is 4.79 Å². The number of fused-ring (bicyclic) bond motifs is 1. The average molecular weight is 363 g/mol. The Hall–Kier alpha value is -2.19. The van der Waals surface area contributed by atoms with Crippen LogP contribution in [0.5, 0.6) is 0 Å². The maximum atomic E-state index is 11.9. The standard InChI is InChI=1S/C15H15ClN6OS/c1-20-14(23)13(16)11(9-18-20)21-4-6-22(7-5-21)15-19-10-8-17-3-2-12(10)24-15/h2-3,8-9H,4-7H2,1H3. The minimum atomic E-state index is -0.268. The van der Waals surface area contributed by atoms with Crippen molar-refractivity contribution in [1.82, 2.24) is 19.7 Å². The fourth-order valence-electron chi connectivity index (χ4n) is 2.76. The molecule has 1 fully saturated rings. The van der Waals surface area contributed by atoms with Gasteiger partial charge in [0.1, 0.15) is 10.5 Å². The van der Waals surface area contributed by atoms with Crippen molar-refractivity contribution in [1.29, 1.82) is 0 Å². The van der Waals surface area contributed by atoms with E-state index >= 15 is 0 Å². The van der Waals surface area contributed by atoms with Crippen molar-refractivity contribution in [3.8, 4) is 0 Å². The molecule has 0 radical (unpaired) electrons. The first-order valence-electron chi connectivity index (χ1n) is 7.56. The van der Waals surface area contributed by atoms with Crippen molar-refractivity contribution in [2.24, 2.45) is 7.05 Å². The number of thiazole rings is 1. The van der Waals surface area contributed by atoms with Gasteiger partial charge in [-0.15, -0.1) is 0 Å². The lowest BCUT2D eigenvalue weighted by Gasteiger charge is -2.36. The van der Waals surface area contributed by atoms with Gasteiger partial charge in [0.15, 0.2) is 5.13 Å². The molecule has 24 heavy (non-hydrogen) atoms. The summed E-state index contributed by atoms with van der Waals surface area (Å²) in [5.41, 5.74) is 1.36. The van der Waals surface area contributed by atoms with Gasteiger partial charge in [-0.25, -0.2) is 9.67 Å². The molecule has 9 heteroatoms. The summed E-state index contributed by atoms with van der Waals surface area (Å²) >= 11 is 7.87. The number of hydrogen-bond donors (Lipinski definition) is 0. The maximum absolute atomic E-state index is 11.9. The molecule has 7 nitrogen and oxygen atoms in total. The molecule has 1 saturated heterocycles. The fourth-order valence-corrected chi connectivity index (χ4v) is 4.04. The Balaban J connectivity index is 1.52. The number of aryl methyl sites for hydroxylation is 1. The molecule has 3 aromatic heterocycles. The molecule has 0 atom stereocenters. The molecule has 0 amide bonds. The summed E-state index contributed by atoms with van der Waals surface area (Å²) in [6.07, 6.45) is 5.23. The number of halogens is 1. The molecule has 1 aliphatic rings. The third-order valence-corrected chi connectivity index (χ3v) is 5.58. The van der Waals surface area contributed by atoms with Gasteiger partial charge in [-0.1, -0.05) is 22.9 Å². The monoisotopic (exact) mass is 362 g/mol. The van der Waals surface area contributed by atoms with Crippen molar-refractivity contribution in [2.75, 3.05) is 36.0 Å². The molecule has 4 rings (SSSR count). The van der Waals surface area contributed by atoms with Crippen LogP contribution in [-0.4, -0.2) is 45.9 Å². The summed E-state index contributed by atoms with van der Waals surface area (Å²) < 4.78 is 2.39. The normalized spacial score (nSPS) is 15.2. The van der Waals surface area contributed by atoms with Crippen molar-refractivity contribution in [2.45, 2.75) is 0 Å². The Morgan fingerprint density at radius 3 is 2.67 bits per heavy atom. The number of hydrogen-bond acceptors (Lipinski definition) is 7. The maximum Gasteiger partial charge on any atom is 0.287 e. The molecule has 124 valence electrons. The van der Waals surface area contributed by atoms with Crippen LogP contribution in [0.1, 0.15) is 0 Å². The second kappa shape index (κ2) is 6.03. The first kappa shape index (κ1) is 15.3. The van der Waals surface area contributed by atoms with Crippen LogP contribution in [0.15, 0.2) is 29.5 Å². The van der Waals surface area contributed by atoms with E-state index < -0.39 is 0 Å². The van der Waals surface area contributed by atoms with Crippen LogP contribution in [0.4, 0.5) is 10.8 Å². The van der Waals surface area contributed by atoms with Gasteiger partial charge in [-0.2, -0.15) is 5.10 Å². The van der Waals surface area contributed by atoms with Crippen molar-refractivity contribution < 1.29 is 0 Å². The highest BCUT2D eigenvalue weighted by molar-refractivity contribution is 7.22. The van der Waals surface area contributed by atoms with E-state index in [0.717, 1.165) is 41.5 Å². The lowest BCUT2D eigenvalue weighted by Crippen LogP contribution is -2.47. The number of anilines is 2. The zero-order chi connectivity index (χ0) is 16.7. The van der Waals surface area contributed by atoms with Crippen LogP contribution in [-0.2, 0) is 7.05 Å². The molecular weight excluding hydrogens is 348 g/mol. The topological polar surface area (TPSA) is 67.2 Å². The zero-order valence-electron chi connectivity index (χ0n) is 13.0. The number of rotatable bonds is 2. The van der Waals surface area contributed by atoms with Gasteiger partial charge in [0.05, 0.1) is 22.8 Å². The Bertz CT molecular complexity index is 914. The summed E-state index contributed by atoms with van der Waals surface area (Å²) in [5, 5.41) is 5.30. The SMILES string of the molecule is Cn1ncc(N2CCN(c3nc4cnccc4s3)CC2)c(Cl)c1=O. The molecule has 0 saturated carbocycles. The molecule has 0 unspecified atom stereocenters. The molecule has 0 aromatic carbocycles. The first-order chi connectivity index (χ1) is 11.6. The number of pyridine rings is 1. The summed E-state index contributed by atoms with van der Waals surface area (Å²) in [7, 11) is 1.60. The van der Waals surface area contributed by atoms with E-state index in [4.69, 9.17) is 11.6 Å². The minimum absolute atomic E-state index is 0.229. The molecule has 4 heterocycles. The quantitative estimate of drug-likeness (QED) is 0.692. The molecule has 0 N–H and O–H groups in total. The first-order valence-corrected chi connectivity index (χ1v) is 8.75. The van der Waals surface area contributed by atoms with E-state index in [1.165, 1.54) is 4.68 Å². The zero-order valence-corrected chi connectivity index (χ0v) is 14.6. The van der Waals surface area contributed by atoms with Gasteiger partial charge in [-0.3, -0.25) is 9.78 Å². The Kier molecular flexibility index (Phi) is 3.85. The molecular formula is C15H15ClN6OS. The minimum Gasteiger partial charge on any atom is -0.365 e. The van der Waals surface area contributed by atoms with E-state index in [1.54, 1.807) is 37.0 Å². The predicted octanol–water partition coefficient (Wildman–Crippen LogP) is 1.76. The van der Waals surface area contributed by atoms with Crippen molar-refractivity contribution in [3.63, 3.8) is 0 Å². The number of piperazine rings is 1. The van der Waals surface area contributed by atoms with Crippen LogP contribution >= 0.6 is 22.9 Å². The van der Waals surface area contributed by atoms with Crippen molar-refractivity contribution in [3.05, 3.63) is 40.0 Å². The average Bonchev–Trinajstić information content (AvgIpc) is 3.04. The van der Waals surface area contributed by atoms with Gasteiger partial charge < -0.3 is 9.80 Å². The van der Waals surface area contributed by atoms with E-state index in [1.807, 2.05) is 6.07 Å². The predicted molar refractivity (Wildman–Crippen MR) is 96.3 cm³/mol. The van der Waals surface area contributed by atoms with Crippen LogP contribution < -0.4 is 15.4 Å². The molecule has 1 aliphatic heterocycles. The lowest BCUT2D eigenvalue weighted by atomic mass is 10.3. The van der Waals surface area contributed by atoms with Crippen LogP contribution in [0, 0.1) is 0 Å². The smallest absolute Gasteiger partial charge is 0.287 e. The van der Waals surface area contributed by atoms with E-state index in [-0.39, 0.29) is 10.6 Å².